The summed E-state index contributed by atoms with van der Waals surface area (Å²) in [6, 6.07) is 5.99. The van der Waals surface area contributed by atoms with E-state index in [1.807, 2.05) is 0 Å². The zero-order valence-corrected chi connectivity index (χ0v) is 17.2. The van der Waals surface area contributed by atoms with Gasteiger partial charge >= 0.3 is 17.9 Å². The largest absolute Gasteiger partial charge is 0.503 e. The molecule has 0 saturated heterocycles. The lowest BCUT2D eigenvalue weighted by Crippen LogP contribution is -2.25. The molecule has 2 rings (SSSR count). The average Bonchev–Trinajstić information content (AvgIpc) is 2.68. The van der Waals surface area contributed by atoms with Gasteiger partial charge in [-0.3, -0.25) is 19.2 Å². The van der Waals surface area contributed by atoms with Crippen LogP contribution in [0.4, 0.5) is 4.39 Å². The van der Waals surface area contributed by atoms with Crippen LogP contribution in [-0.2, 0) is 41.7 Å². The van der Waals surface area contributed by atoms with E-state index >= 15 is 0 Å². The van der Waals surface area contributed by atoms with Gasteiger partial charge in [-0.15, -0.1) is 0 Å². The third kappa shape index (κ3) is 6.39. The molecule has 1 aromatic heterocycles. The number of halogens is 1. The summed E-state index contributed by atoms with van der Waals surface area (Å²) in [6.07, 6.45) is -1.29. The molecule has 2 aromatic rings. The van der Waals surface area contributed by atoms with Gasteiger partial charge in [-0.1, -0.05) is 12.1 Å². The first-order chi connectivity index (χ1) is 14.6. The molecule has 1 atom stereocenters. The quantitative estimate of drug-likeness (QED) is 0.494. The van der Waals surface area contributed by atoms with Crippen LogP contribution in [0.5, 0.6) is 5.75 Å². The highest BCUT2D eigenvalue weighted by atomic mass is 19.1. The summed E-state index contributed by atoms with van der Waals surface area (Å²) >= 11 is 0. The lowest BCUT2D eigenvalue weighted by molar-refractivity contribution is -0.145. The van der Waals surface area contributed by atoms with E-state index in [1.54, 1.807) is 0 Å². The molecule has 10 heteroatoms. The lowest BCUT2D eigenvalue weighted by Gasteiger charge is -2.25. The summed E-state index contributed by atoms with van der Waals surface area (Å²) in [4.78, 5) is 46.6. The Balaban J connectivity index is 2.69. The van der Waals surface area contributed by atoms with Gasteiger partial charge in [0, 0.05) is 26.8 Å². The minimum Gasteiger partial charge on any atom is -0.503 e. The molecule has 0 radical (unpaired) electrons. The van der Waals surface area contributed by atoms with E-state index < -0.39 is 41.0 Å². The Hall–Kier alpha value is -3.69. The van der Waals surface area contributed by atoms with Gasteiger partial charge in [0.05, 0.1) is 12.2 Å². The van der Waals surface area contributed by atoms with Crippen molar-refractivity contribution in [3.8, 4) is 5.75 Å². The Morgan fingerprint density at radius 1 is 1.03 bits per heavy atom. The number of aromatic nitrogens is 1. The number of esters is 3. The minimum absolute atomic E-state index is 0.0572. The molecule has 31 heavy (non-hydrogen) atoms. The molecule has 0 bridgehead atoms. The van der Waals surface area contributed by atoms with Crippen LogP contribution in [0.3, 0.4) is 0 Å². The van der Waals surface area contributed by atoms with Crippen molar-refractivity contribution in [2.45, 2.75) is 40.0 Å². The van der Waals surface area contributed by atoms with Crippen LogP contribution < -0.4 is 5.43 Å². The predicted octanol–water partition coefficient (Wildman–Crippen LogP) is 1.97. The van der Waals surface area contributed by atoms with Crippen LogP contribution in [0.1, 0.15) is 43.8 Å². The van der Waals surface area contributed by atoms with Crippen LogP contribution >= 0.6 is 0 Å². The highest BCUT2D eigenvalue weighted by molar-refractivity contribution is 5.67. The fourth-order valence-electron chi connectivity index (χ4n) is 2.90. The maximum absolute atomic E-state index is 13.4. The molecule has 0 fully saturated rings. The smallest absolute Gasteiger partial charge is 0.303 e. The number of hydrogen-bond donors (Lipinski definition) is 1. The van der Waals surface area contributed by atoms with Gasteiger partial charge in [0.15, 0.2) is 11.9 Å². The maximum atomic E-state index is 13.4. The van der Waals surface area contributed by atoms with Crippen LogP contribution in [0.15, 0.2) is 35.1 Å². The number of carbonyl (C=O) groups is 3. The Kier molecular flexibility index (Phi) is 7.89. The fraction of sp³-hybridized carbons (Fsp3) is 0.333. The van der Waals surface area contributed by atoms with Crippen molar-refractivity contribution in [2.24, 2.45) is 0 Å². The zero-order chi connectivity index (χ0) is 23.1. The zero-order valence-electron chi connectivity index (χ0n) is 17.2. The van der Waals surface area contributed by atoms with Crippen molar-refractivity contribution >= 4 is 17.9 Å². The summed E-state index contributed by atoms with van der Waals surface area (Å²) in [5.41, 5.74) is -0.500. The summed E-state index contributed by atoms with van der Waals surface area (Å²) in [5.74, 6) is -3.14. The van der Waals surface area contributed by atoms with Gasteiger partial charge in [-0.05, 0) is 17.7 Å². The minimum atomic E-state index is -1.29. The Morgan fingerprint density at radius 3 is 2.19 bits per heavy atom. The van der Waals surface area contributed by atoms with Crippen LogP contribution in [0.2, 0.25) is 0 Å². The molecule has 0 amide bonds. The van der Waals surface area contributed by atoms with Crippen molar-refractivity contribution < 1.29 is 38.1 Å². The van der Waals surface area contributed by atoms with Crippen molar-refractivity contribution in [1.82, 2.24) is 4.57 Å². The maximum Gasteiger partial charge on any atom is 0.303 e. The van der Waals surface area contributed by atoms with Crippen LogP contribution in [0, 0.1) is 5.82 Å². The molecule has 1 N–H and O–H groups in total. The Labute approximate surface area is 177 Å². The summed E-state index contributed by atoms with van der Waals surface area (Å²) in [7, 11) is 0. The molecular formula is C21H22FNO8. The van der Waals surface area contributed by atoms with Crippen LogP contribution in [-0.4, -0.2) is 34.2 Å². The fourth-order valence-corrected chi connectivity index (χ4v) is 2.90. The van der Waals surface area contributed by atoms with E-state index in [-0.39, 0.29) is 36.7 Å². The highest BCUT2D eigenvalue weighted by Crippen LogP contribution is 2.32. The molecular weight excluding hydrogens is 413 g/mol. The Morgan fingerprint density at radius 2 is 1.65 bits per heavy atom. The molecule has 1 aromatic carbocycles. The van der Waals surface area contributed by atoms with E-state index in [4.69, 9.17) is 14.2 Å². The molecule has 1 unspecified atom stereocenters. The van der Waals surface area contributed by atoms with Crippen molar-refractivity contribution in [2.75, 3.05) is 6.61 Å². The van der Waals surface area contributed by atoms with Crippen LogP contribution in [0.25, 0.3) is 0 Å². The van der Waals surface area contributed by atoms with Gasteiger partial charge < -0.3 is 23.9 Å². The second-order valence-electron chi connectivity index (χ2n) is 6.55. The number of ether oxygens (including phenoxy) is 3. The van der Waals surface area contributed by atoms with E-state index in [1.165, 1.54) is 30.5 Å². The first kappa shape index (κ1) is 23.6. The van der Waals surface area contributed by atoms with Crippen molar-refractivity contribution in [3.63, 3.8) is 0 Å². The molecule has 0 aliphatic carbocycles. The molecule has 0 aliphatic rings. The molecule has 0 saturated carbocycles. The highest BCUT2D eigenvalue weighted by Gasteiger charge is 2.28. The average molecular weight is 435 g/mol. The van der Waals surface area contributed by atoms with E-state index in [0.29, 0.717) is 0 Å². The predicted molar refractivity (Wildman–Crippen MR) is 104 cm³/mol. The van der Waals surface area contributed by atoms with E-state index in [0.717, 1.165) is 25.1 Å². The van der Waals surface area contributed by atoms with E-state index in [2.05, 4.69) is 0 Å². The monoisotopic (exact) mass is 435 g/mol. The lowest BCUT2D eigenvalue weighted by atomic mass is 10.0. The standard InChI is InChI=1S/C21H22FNO8/c1-12(24)29-9-8-23-17(11-30-13(2)25)10-18(27)20(28)19(23)21(31-14(3)26)15-4-6-16(22)7-5-15/h4-7,10,21,28H,8-9,11H2,1-3H3. The van der Waals surface area contributed by atoms with Gasteiger partial charge in [-0.2, -0.15) is 0 Å². The third-order valence-corrected chi connectivity index (χ3v) is 4.16. The third-order valence-electron chi connectivity index (χ3n) is 4.16. The molecule has 166 valence electrons. The number of nitrogens with zero attached hydrogens (tertiary/aromatic N) is 1. The molecule has 1 heterocycles. The van der Waals surface area contributed by atoms with Gasteiger partial charge in [0.25, 0.3) is 0 Å². The SMILES string of the molecule is CC(=O)OCCn1c(COC(C)=O)cc(=O)c(O)c1C(OC(C)=O)c1ccc(F)cc1. The van der Waals surface area contributed by atoms with Gasteiger partial charge in [0.2, 0.25) is 5.43 Å². The normalized spacial score (nSPS) is 11.5. The summed E-state index contributed by atoms with van der Waals surface area (Å²) < 4.78 is 30.1. The molecule has 0 spiro atoms. The molecule has 0 aliphatic heterocycles. The second kappa shape index (κ2) is 10.4. The van der Waals surface area contributed by atoms with Gasteiger partial charge in [-0.25, -0.2) is 4.39 Å². The first-order valence-electron chi connectivity index (χ1n) is 9.25. The first-order valence-corrected chi connectivity index (χ1v) is 9.25. The number of pyridine rings is 1. The van der Waals surface area contributed by atoms with E-state index in [9.17, 15) is 28.7 Å². The number of hydrogen-bond acceptors (Lipinski definition) is 8. The van der Waals surface area contributed by atoms with Gasteiger partial charge in [0.1, 0.15) is 24.7 Å². The van der Waals surface area contributed by atoms with Crippen molar-refractivity contribution in [3.05, 3.63) is 63.3 Å². The topological polar surface area (TPSA) is 121 Å². The number of benzene rings is 1. The number of carbonyl (C=O) groups excluding carboxylic acids is 3. The summed E-state index contributed by atoms with van der Waals surface area (Å²) in [6.45, 7) is 3.00. The second-order valence-corrected chi connectivity index (χ2v) is 6.55. The number of aromatic hydroxyl groups is 1. The Bertz CT molecular complexity index is 1030. The summed E-state index contributed by atoms with van der Waals surface area (Å²) in [5, 5.41) is 10.6. The van der Waals surface area contributed by atoms with Crippen molar-refractivity contribution in [1.29, 1.82) is 0 Å². The number of rotatable bonds is 8. The molecule has 9 nitrogen and oxygen atoms in total.